The van der Waals surface area contributed by atoms with E-state index in [0.717, 1.165) is 29.4 Å². The Kier molecular flexibility index (Phi) is 4.14. The summed E-state index contributed by atoms with van der Waals surface area (Å²) in [7, 11) is 0. The highest BCUT2D eigenvalue weighted by molar-refractivity contribution is 9.10. The Balaban J connectivity index is 1.69. The zero-order chi connectivity index (χ0) is 13.9. The van der Waals surface area contributed by atoms with Crippen LogP contribution in [0.1, 0.15) is 18.7 Å². The van der Waals surface area contributed by atoms with E-state index in [0.29, 0.717) is 24.9 Å². The van der Waals surface area contributed by atoms with Crippen molar-refractivity contribution in [1.29, 1.82) is 0 Å². The molecule has 1 saturated heterocycles. The minimum Gasteiger partial charge on any atom is -0.419 e. The van der Waals surface area contributed by atoms with E-state index in [4.69, 9.17) is 4.42 Å². The lowest BCUT2D eigenvalue weighted by Crippen LogP contribution is -2.37. The SMILES string of the molecule is O[C@H]1CCCN(Cc2nnc(-c3ccc(Br)cc3)o2)C1. The van der Waals surface area contributed by atoms with Gasteiger partial charge < -0.3 is 9.52 Å². The maximum absolute atomic E-state index is 9.65. The minimum absolute atomic E-state index is 0.238. The van der Waals surface area contributed by atoms with E-state index in [-0.39, 0.29) is 6.10 Å². The van der Waals surface area contributed by atoms with Gasteiger partial charge in [0.15, 0.2) is 0 Å². The fourth-order valence-electron chi connectivity index (χ4n) is 2.39. The molecule has 1 N–H and O–H groups in total. The van der Waals surface area contributed by atoms with Crippen molar-refractivity contribution in [2.75, 3.05) is 13.1 Å². The summed E-state index contributed by atoms with van der Waals surface area (Å²) in [6, 6.07) is 7.76. The van der Waals surface area contributed by atoms with Gasteiger partial charge in [-0.15, -0.1) is 10.2 Å². The summed E-state index contributed by atoms with van der Waals surface area (Å²) < 4.78 is 6.70. The molecule has 1 aliphatic rings. The first-order chi connectivity index (χ1) is 9.70. The Morgan fingerprint density at radius 3 is 2.85 bits per heavy atom. The van der Waals surface area contributed by atoms with E-state index in [1.54, 1.807) is 0 Å². The second-order valence-corrected chi connectivity index (χ2v) is 5.95. The lowest BCUT2D eigenvalue weighted by Gasteiger charge is -2.28. The Morgan fingerprint density at radius 2 is 2.10 bits per heavy atom. The number of nitrogens with zero attached hydrogens (tertiary/aromatic N) is 3. The molecule has 106 valence electrons. The van der Waals surface area contributed by atoms with Crippen LogP contribution in [0.4, 0.5) is 0 Å². The molecule has 0 bridgehead atoms. The predicted molar refractivity (Wildman–Crippen MR) is 78.0 cm³/mol. The van der Waals surface area contributed by atoms with Gasteiger partial charge in [0.1, 0.15) is 0 Å². The quantitative estimate of drug-likeness (QED) is 0.932. The number of benzene rings is 1. The van der Waals surface area contributed by atoms with Gasteiger partial charge in [0.25, 0.3) is 0 Å². The van der Waals surface area contributed by atoms with E-state index in [2.05, 4.69) is 31.0 Å². The van der Waals surface area contributed by atoms with Crippen molar-refractivity contribution in [3.63, 3.8) is 0 Å². The molecule has 1 atom stereocenters. The second-order valence-electron chi connectivity index (χ2n) is 5.04. The standard InChI is InChI=1S/C14H16BrN3O2/c15-11-5-3-10(4-6-11)14-17-16-13(20-14)9-18-7-1-2-12(19)8-18/h3-6,12,19H,1-2,7-9H2/t12-/m0/s1. The van der Waals surface area contributed by atoms with Crippen molar-refractivity contribution in [3.05, 3.63) is 34.6 Å². The van der Waals surface area contributed by atoms with E-state index in [9.17, 15) is 5.11 Å². The number of piperidine rings is 1. The fraction of sp³-hybridized carbons (Fsp3) is 0.429. The van der Waals surface area contributed by atoms with Gasteiger partial charge in [-0.1, -0.05) is 15.9 Å². The van der Waals surface area contributed by atoms with Crippen molar-refractivity contribution in [3.8, 4) is 11.5 Å². The van der Waals surface area contributed by atoms with Crippen molar-refractivity contribution in [2.45, 2.75) is 25.5 Å². The first-order valence-electron chi connectivity index (χ1n) is 6.69. The highest BCUT2D eigenvalue weighted by Crippen LogP contribution is 2.21. The molecule has 3 rings (SSSR count). The number of aromatic nitrogens is 2. The third-order valence-electron chi connectivity index (χ3n) is 3.40. The molecule has 0 aliphatic carbocycles. The van der Waals surface area contributed by atoms with Crippen LogP contribution in [0.3, 0.4) is 0 Å². The number of hydrogen-bond donors (Lipinski definition) is 1. The van der Waals surface area contributed by atoms with Crippen LogP contribution >= 0.6 is 15.9 Å². The van der Waals surface area contributed by atoms with Gasteiger partial charge in [-0.25, -0.2) is 0 Å². The molecule has 0 saturated carbocycles. The molecular formula is C14H16BrN3O2. The fourth-order valence-corrected chi connectivity index (χ4v) is 2.66. The zero-order valence-corrected chi connectivity index (χ0v) is 12.6. The molecule has 5 nitrogen and oxygen atoms in total. The van der Waals surface area contributed by atoms with Crippen molar-refractivity contribution < 1.29 is 9.52 Å². The van der Waals surface area contributed by atoms with Crippen molar-refractivity contribution >= 4 is 15.9 Å². The van der Waals surface area contributed by atoms with Crippen LogP contribution in [0, 0.1) is 0 Å². The molecule has 2 aromatic rings. The van der Waals surface area contributed by atoms with Gasteiger partial charge >= 0.3 is 0 Å². The molecule has 0 radical (unpaired) electrons. The molecule has 6 heteroatoms. The molecule has 1 aliphatic heterocycles. The number of aliphatic hydroxyl groups excluding tert-OH is 1. The third kappa shape index (κ3) is 3.26. The molecule has 2 heterocycles. The van der Waals surface area contributed by atoms with Gasteiger partial charge in [-0.3, -0.25) is 4.90 Å². The third-order valence-corrected chi connectivity index (χ3v) is 3.93. The number of likely N-dealkylation sites (tertiary alicyclic amines) is 1. The summed E-state index contributed by atoms with van der Waals surface area (Å²) in [5.74, 6) is 1.13. The number of aliphatic hydroxyl groups is 1. The molecule has 1 aromatic heterocycles. The first-order valence-corrected chi connectivity index (χ1v) is 7.49. The molecular weight excluding hydrogens is 322 g/mol. The maximum atomic E-state index is 9.65. The molecule has 20 heavy (non-hydrogen) atoms. The van der Waals surface area contributed by atoms with Crippen LogP contribution in [0.25, 0.3) is 11.5 Å². The smallest absolute Gasteiger partial charge is 0.247 e. The molecule has 0 amide bonds. The number of rotatable bonds is 3. The Hall–Kier alpha value is -1.24. The van der Waals surface area contributed by atoms with Gasteiger partial charge in [0.05, 0.1) is 12.6 Å². The molecule has 0 unspecified atom stereocenters. The highest BCUT2D eigenvalue weighted by Gasteiger charge is 2.20. The predicted octanol–water partition coefficient (Wildman–Crippen LogP) is 2.46. The lowest BCUT2D eigenvalue weighted by atomic mass is 10.1. The topological polar surface area (TPSA) is 62.4 Å². The largest absolute Gasteiger partial charge is 0.419 e. The van der Waals surface area contributed by atoms with Crippen LogP contribution in [0.15, 0.2) is 33.2 Å². The maximum Gasteiger partial charge on any atom is 0.247 e. The molecule has 1 fully saturated rings. The summed E-state index contributed by atoms with van der Waals surface area (Å²) in [6.07, 6.45) is 1.65. The lowest BCUT2D eigenvalue weighted by molar-refractivity contribution is 0.0625. The van der Waals surface area contributed by atoms with Gasteiger partial charge in [-0.05, 0) is 43.7 Å². The Morgan fingerprint density at radius 1 is 1.30 bits per heavy atom. The van der Waals surface area contributed by atoms with Crippen LogP contribution in [-0.4, -0.2) is 39.4 Å². The normalized spacial score (nSPS) is 20.2. The summed E-state index contributed by atoms with van der Waals surface area (Å²) in [5.41, 5.74) is 0.908. The van der Waals surface area contributed by atoms with Crippen LogP contribution in [-0.2, 0) is 6.54 Å². The Bertz CT molecular complexity index is 570. The van der Waals surface area contributed by atoms with E-state index in [1.165, 1.54) is 0 Å². The zero-order valence-electron chi connectivity index (χ0n) is 11.0. The van der Waals surface area contributed by atoms with Crippen LogP contribution in [0.2, 0.25) is 0 Å². The van der Waals surface area contributed by atoms with Gasteiger partial charge in [0.2, 0.25) is 11.8 Å². The van der Waals surface area contributed by atoms with Crippen LogP contribution < -0.4 is 0 Å². The van der Waals surface area contributed by atoms with Crippen molar-refractivity contribution in [2.24, 2.45) is 0 Å². The highest BCUT2D eigenvalue weighted by atomic mass is 79.9. The second kappa shape index (κ2) is 6.03. The van der Waals surface area contributed by atoms with E-state index >= 15 is 0 Å². The van der Waals surface area contributed by atoms with E-state index in [1.807, 2.05) is 24.3 Å². The van der Waals surface area contributed by atoms with Gasteiger partial charge in [0, 0.05) is 16.6 Å². The summed E-state index contributed by atoms with van der Waals surface area (Å²) >= 11 is 3.40. The molecule has 1 aromatic carbocycles. The summed E-state index contributed by atoms with van der Waals surface area (Å²) in [6.45, 7) is 2.24. The first kappa shape index (κ1) is 13.7. The van der Waals surface area contributed by atoms with E-state index < -0.39 is 0 Å². The number of hydrogen-bond acceptors (Lipinski definition) is 5. The molecule has 0 spiro atoms. The Labute approximate surface area is 125 Å². The average molecular weight is 338 g/mol. The minimum atomic E-state index is -0.238. The van der Waals surface area contributed by atoms with Crippen molar-refractivity contribution in [1.82, 2.24) is 15.1 Å². The monoisotopic (exact) mass is 337 g/mol. The van der Waals surface area contributed by atoms with Crippen LogP contribution in [0.5, 0.6) is 0 Å². The van der Waals surface area contributed by atoms with Gasteiger partial charge in [-0.2, -0.15) is 0 Å². The average Bonchev–Trinajstić information content (AvgIpc) is 2.88. The summed E-state index contributed by atoms with van der Waals surface area (Å²) in [5, 5.41) is 17.8. The number of β-amino-alcohol motifs (C(OH)–C–C–N with tert-alkyl or cyclic N) is 1. The number of halogens is 1. The summed E-state index contributed by atoms with van der Waals surface area (Å²) in [4.78, 5) is 2.15.